The molecule has 0 aromatic carbocycles. The molecule has 0 heterocycles. The van der Waals surface area contributed by atoms with E-state index in [-0.39, 0.29) is 0 Å². The Labute approximate surface area is 141 Å². The Morgan fingerprint density at radius 2 is 1.18 bits per heavy atom. The van der Waals surface area contributed by atoms with Crippen molar-refractivity contribution in [2.45, 2.75) is 65.0 Å². The largest absolute Gasteiger partial charge is 0.437 e. The van der Waals surface area contributed by atoms with Crippen molar-refractivity contribution in [3.05, 3.63) is 0 Å². The standard InChI is InChI=1S/C13H37NO4Si4/c1-19(2,3)15-11-12-16-22(9,13-10-14)18-21(7,8)17-20(4,5)6/h10-14H2,1-9H3. The normalized spacial score (nSPS) is 16.6. The third kappa shape index (κ3) is 12.1. The first-order valence-corrected chi connectivity index (χ1v) is 20.2. The molecule has 0 fully saturated rings. The monoisotopic (exact) mass is 383 g/mol. The van der Waals surface area contributed by atoms with Crippen LogP contribution in [-0.2, 0) is 17.1 Å². The van der Waals surface area contributed by atoms with Gasteiger partial charge in [0.05, 0.1) is 13.2 Å². The minimum absolute atomic E-state index is 0.574. The maximum absolute atomic E-state index is 6.42. The van der Waals surface area contributed by atoms with Crippen LogP contribution in [0.15, 0.2) is 0 Å². The molecule has 0 bridgehead atoms. The highest BCUT2D eigenvalue weighted by molar-refractivity contribution is 6.86. The molecule has 0 aliphatic rings. The number of rotatable bonds is 11. The van der Waals surface area contributed by atoms with Crippen LogP contribution in [-0.4, -0.2) is 53.5 Å². The Balaban J connectivity index is 4.60. The maximum Gasteiger partial charge on any atom is 0.327 e. The van der Waals surface area contributed by atoms with Crippen LogP contribution in [0.1, 0.15) is 0 Å². The summed E-state index contributed by atoms with van der Waals surface area (Å²) in [5.74, 6) is 0. The molecule has 5 nitrogen and oxygen atoms in total. The molecule has 134 valence electrons. The highest BCUT2D eigenvalue weighted by atomic mass is 28.5. The summed E-state index contributed by atoms with van der Waals surface area (Å²) in [6.45, 7) is 21.2. The van der Waals surface area contributed by atoms with Crippen LogP contribution in [0, 0.1) is 0 Å². The molecular weight excluding hydrogens is 346 g/mol. The third-order valence-electron chi connectivity index (χ3n) is 2.64. The van der Waals surface area contributed by atoms with Crippen LogP contribution >= 0.6 is 0 Å². The smallest absolute Gasteiger partial charge is 0.327 e. The van der Waals surface area contributed by atoms with Crippen molar-refractivity contribution in [3.63, 3.8) is 0 Å². The second kappa shape index (κ2) is 8.67. The second-order valence-electron chi connectivity index (χ2n) is 8.20. The van der Waals surface area contributed by atoms with E-state index in [1.165, 1.54) is 0 Å². The summed E-state index contributed by atoms with van der Waals surface area (Å²) >= 11 is 0. The highest BCUT2D eigenvalue weighted by Gasteiger charge is 2.41. The lowest BCUT2D eigenvalue weighted by Crippen LogP contribution is -2.54. The zero-order valence-electron chi connectivity index (χ0n) is 16.0. The minimum Gasteiger partial charge on any atom is -0.437 e. The molecule has 1 atom stereocenters. The fraction of sp³-hybridized carbons (Fsp3) is 1.00. The maximum atomic E-state index is 6.42. The summed E-state index contributed by atoms with van der Waals surface area (Å²) in [5, 5.41) is 0. The Morgan fingerprint density at radius 3 is 1.59 bits per heavy atom. The second-order valence-corrected chi connectivity index (χ2v) is 24.4. The SMILES string of the molecule is C[Si](C)(C)OCCO[Si](C)(CCN)O[Si](C)(C)O[Si](C)(C)C. The lowest BCUT2D eigenvalue weighted by atomic mass is 10.8. The molecule has 0 rings (SSSR count). The van der Waals surface area contributed by atoms with Gasteiger partial charge in [-0.25, -0.2) is 0 Å². The predicted molar refractivity (Wildman–Crippen MR) is 104 cm³/mol. The Morgan fingerprint density at radius 1 is 0.682 bits per heavy atom. The molecule has 0 saturated carbocycles. The average molecular weight is 384 g/mol. The van der Waals surface area contributed by atoms with Crippen molar-refractivity contribution >= 4 is 33.8 Å². The van der Waals surface area contributed by atoms with Crippen LogP contribution in [0.2, 0.25) is 65.0 Å². The summed E-state index contributed by atoms with van der Waals surface area (Å²) in [6.07, 6.45) is 0. The van der Waals surface area contributed by atoms with Gasteiger partial charge in [-0.15, -0.1) is 0 Å². The third-order valence-corrected chi connectivity index (χ3v) is 13.8. The first-order valence-electron chi connectivity index (χ1n) is 8.06. The van der Waals surface area contributed by atoms with Gasteiger partial charge in [0.1, 0.15) is 0 Å². The van der Waals surface area contributed by atoms with Gasteiger partial charge in [-0.3, -0.25) is 0 Å². The molecule has 0 aliphatic carbocycles. The summed E-state index contributed by atoms with van der Waals surface area (Å²) in [4.78, 5) is 0. The first kappa shape index (κ1) is 22.7. The molecule has 0 aromatic heterocycles. The molecule has 2 N–H and O–H groups in total. The zero-order valence-corrected chi connectivity index (χ0v) is 20.0. The lowest BCUT2D eigenvalue weighted by Gasteiger charge is -2.38. The van der Waals surface area contributed by atoms with Crippen molar-refractivity contribution < 1.29 is 17.1 Å². The summed E-state index contributed by atoms with van der Waals surface area (Å²) in [7, 11) is -7.63. The van der Waals surface area contributed by atoms with E-state index in [1.54, 1.807) is 0 Å². The predicted octanol–water partition coefficient (Wildman–Crippen LogP) is 3.46. The molecular formula is C13H37NO4Si4. The van der Waals surface area contributed by atoms with Gasteiger partial charge in [-0.1, -0.05) is 0 Å². The minimum atomic E-state index is -2.31. The van der Waals surface area contributed by atoms with Crippen LogP contribution in [0.4, 0.5) is 0 Å². The molecule has 1 unspecified atom stereocenters. The van der Waals surface area contributed by atoms with E-state index in [2.05, 4.69) is 58.9 Å². The summed E-state index contributed by atoms with van der Waals surface area (Å²) in [5.41, 5.74) is 5.77. The van der Waals surface area contributed by atoms with Gasteiger partial charge in [0, 0.05) is 6.04 Å². The molecule has 9 heteroatoms. The average Bonchev–Trinajstić information content (AvgIpc) is 2.18. The molecule has 0 saturated heterocycles. The Bertz CT molecular complexity index is 331. The van der Waals surface area contributed by atoms with Crippen LogP contribution in [0.5, 0.6) is 0 Å². The van der Waals surface area contributed by atoms with E-state index in [9.17, 15) is 0 Å². The summed E-state index contributed by atoms with van der Waals surface area (Å²) in [6, 6.07) is 0.783. The zero-order chi connectivity index (χ0) is 17.7. The van der Waals surface area contributed by atoms with E-state index >= 15 is 0 Å². The topological polar surface area (TPSA) is 62.9 Å². The van der Waals surface area contributed by atoms with Crippen molar-refractivity contribution in [3.8, 4) is 0 Å². The van der Waals surface area contributed by atoms with Crippen LogP contribution in [0.25, 0.3) is 0 Å². The Hall–Kier alpha value is 0.668. The van der Waals surface area contributed by atoms with Gasteiger partial charge in [-0.05, 0) is 65.5 Å². The number of hydrogen-bond donors (Lipinski definition) is 1. The van der Waals surface area contributed by atoms with E-state index in [0.717, 1.165) is 6.04 Å². The highest BCUT2D eigenvalue weighted by Crippen LogP contribution is 2.23. The van der Waals surface area contributed by atoms with E-state index in [1.807, 2.05) is 0 Å². The van der Waals surface area contributed by atoms with E-state index < -0.39 is 33.8 Å². The fourth-order valence-electron chi connectivity index (χ4n) is 2.30. The van der Waals surface area contributed by atoms with Gasteiger partial charge in [0.15, 0.2) is 16.6 Å². The van der Waals surface area contributed by atoms with Crippen molar-refractivity contribution in [2.75, 3.05) is 19.8 Å². The van der Waals surface area contributed by atoms with Crippen LogP contribution in [0.3, 0.4) is 0 Å². The molecule has 0 aromatic rings. The van der Waals surface area contributed by atoms with E-state index in [0.29, 0.717) is 19.8 Å². The van der Waals surface area contributed by atoms with Crippen LogP contribution < -0.4 is 5.73 Å². The van der Waals surface area contributed by atoms with Gasteiger partial charge in [0.25, 0.3) is 0 Å². The molecule has 0 radical (unpaired) electrons. The van der Waals surface area contributed by atoms with Crippen molar-refractivity contribution in [1.29, 1.82) is 0 Å². The van der Waals surface area contributed by atoms with Gasteiger partial charge in [0.2, 0.25) is 0 Å². The van der Waals surface area contributed by atoms with Gasteiger partial charge < -0.3 is 22.8 Å². The number of nitrogens with two attached hydrogens (primary N) is 1. The molecule has 0 aliphatic heterocycles. The number of hydrogen-bond acceptors (Lipinski definition) is 5. The fourth-order valence-corrected chi connectivity index (χ4v) is 15.4. The Kier molecular flexibility index (Phi) is 8.94. The molecule has 0 spiro atoms. The summed E-state index contributed by atoms with van der Waals surface area (Å²) < 4.78 is 24.7. The van der Waals surface area contributed by atoms with E-state index in [4.69, 9.17) is 22.8 Å². The van der Waals surface area contributed by atoms with Gasteiger partial charge >= 0.3 is 17.1 Å². The lowest BCUT2D eigenvalue weighted by molar-refractivity contribution is 0.171. The van der Waals surface area contributed by atoms with Gasteiger partial charge in [-0.2, -0.15) is 0 Å². The van der Waals surface area contributed by atoms with Crippen molar-refractivity contribution in [1.82, 2.24) is 0 Å². The quantitative estimate of drug-likeness (QED) is 0.437. The molecule has 0 amide bonds. The first-order chi connectivity index (χ1) is 9.68. The van der Waals surface area contributed by atoms with Crippen molar-refractivity contribution in [2.24, 2.45) is 5.73 Å². The molecule has 22 heavy (non-hydrogen) atoms.